The van der Waals surface area contributed by atoms with Crippen molar-refractivity contribution < 1.29 is 9.53 Å². The first kappa shape index (κ1) is 19.1. The summed E-state index contributed by atoms with van der Waals surface area (Å²) in [7, 11) is 1.83. The van der Waals surface area contributed by atoms with Gasteiger partial charge in [0.15, 0.2) is 0 Å². The van der Waals surface area contributed by atoms with E-state index in [1.807, 2.05) is 34.7 Å². The Kier molecular flexibility index (Phi) is 8.74. The van der Waals surface area contributed by atoms with Gasteiger partial charge in [0.1, 0.15) is 0 Å². The molecule has 1 amide bonds. The van der Waals surface area contributed by atoms with Crippen LogP contribution in [-0.4, -0.2) is 43.2 Å². The minimum atomic E-state index is -0.443. The predicted molar refractivity (Wildman–Crippen MR) is 84.5 cm³/mol. The molecular formula is C16H32N2O2. The SMILES string of the molecule is CCOC/C(C)=C/[C@H](C(C)C)N(C)C(=O)[C@@H](N)C(C)C. The zero-order chi connectivity index (χ0) is 15.9. The molecule has 0 aromatic heterocycles. The first-order valence-electron chi connectivity index (χ1n) is 7.49. The minimum Gasteiger partial charge on any atom is -0.377 e. The molecule has 0 bridgehead atoms. The fourth-order valence-corrected chi connectivity index (χ4v) is 2.02. The van der Waals surface area contributed by atoms with E-state index in [4.69, 9.17) is 10.5 Å². The van der Waals surface area contributed by atoms with Crippen molar-refractivity contribution in [3.63, 3.8) is 0 Å². The summed E-state index contributed by atoms with van der Waals surface area (Å²) in [6.45, 7) is 13.5. The predicted octanol–water partition coefficient (Wildman–Crippen LogP) is 2.44. The second-order valence-electron chi connectivity index (χ2n) is 6.10. The summed E-state index contributed by atoms with van der Waals surface area (Å²) in [4.78, 5) is 14.1. The number of hydrogen-bond donors (Lipinski definition) is 1. The van der Waals surface area contributed by atoms with E-state index in [9.17, 15) is 4.79 Å². The van der Waals surface area contributed by atoms with Crippen molar-refractivity contribution in [1.29, 1.82) is 0 Å². The molecule has 4 nitrogen and oxygen atoms in total. The summed E-state index contributed by atoms with van der Waals surface area (Å²) < 4.78 is 5.41. The number of carbonyl (C=O) groups excluding carboxylic acids is 1. The maximum absolute atomic E-state index is 12.4. The molecule has 4 heteroatoms. The molecule has 0 fully saturated rings. The summed E-state index contributed by atoms with van der Waals surface area (Å²) in [5, 5.41) is 0. The van der Waals surface area contributed by atoms with Crippen LogP contribution in [0.4, 0.5) is 0 Å². The summed E-state index contributed by atoms with van der Waals surface area (Å²) >= 11 is 0. The van der Waals surface area contributed by atoms with Gasteiger partial charge in [-0.05, 0) is 31.3 Å². The lowest BCUT2D eigenvalue weighted by Crippen LogP contribution is -2.49. The summed E-state index contributed by atoms with van der Waals surface area (Å²) in [6.07, 6.45) is 2.12. The molecule has 0 spiro atoms. The van der Waals surface area contributed by atoms with Crippen molar-refractivity contribution in [1.82, 2.24) is 4.90 Å². The van der Waals surface area contributed by atoms with Crippen LogP contribution in [0.5, 0.6) is 0 Å². The molecule has 0 unspecified atom stereocenters. The molecule has 118 valence electrons. The van der Waals surface area contributed by atoms with Gasteiger partial charge < -0.3 is 15.4 Å². The first-order chi connectivity index (χ1) is 9.22. The van der Waals surface area contributed by atoms with Gasteiger partial charge in [0, 0.05) is 13.7 Å². The monoisotopic (exact) mass is 284 g/mol. The molecule has 0 radical (unpaired) electrons. The van der Waals surface area contributed by atoms with Crippen molar-refractivity contribution >= 4 is 5.91 Å². The van der Waals surface area contributed by atoms with Gasteiger partial charge in [0.2, 0.25) is 5.91 Å². The van der Waals surface area contributed by atoms with Crippen LogP contribution in [0, 0.1) is 11.8 Å². The lowest BCUT2D eigenvalue weighted by atomic mass is 9.97. The highest BCUT2D eigenvalue weighted by Crippen LogP contribution is 2.15. The minimum absolute atomic E-state index is 0.000778. The van der Waals surface area contributed by atoms with Crippen molar-refractivity contribution in [3.8, 4) is 0 Å². The molecule has 0 aromatic rings. The lowest BCUT2D eigenvalue weighted by Gasteiger charge is -2.32. The first-order valence-corrected chi connectivity index (χ1v) is 7.49. The smallest absolute Gasteiger partial charge is 0.239 e. The van der Waals surface area contributed by atoms with Gasteiger partial charge in [-0.3, -0.25) is 4.79 Å². The summed E-state index contributed by atoms with van der Waals surface area (Å²) in [6, 6.07) is -0.394. The quantitative estimate of drug-likeness (QED) is 0.697. The zero-order valence-corrected chi connectivity index (χ0v) is 14.1. The third-order valence-electron chi connectivity index (χ3n) is 3.47. The van der Waals surface area contributed by atoms with Crippen molar-refractivity contribution in [2.45, 2.75) is 53.6 Å². The zero-order valence-electron chi connectivity index (χ0n) is 14.1. The van der Waals surface area contributed by atoms with Crippen LogP contribution in [0.1, 0.15) is 41.5 Å². The molecule has 0 heterocycles. The Labute approximate surface area is 124 Å². The molecule has 2 N–H and O–H groups in total. The third-order valence-corrected chi connectivity index (χ3v) is 3.47. The Morgan fingerprint density at radius 2 is 1.80 bits per heavy atom. The number of hydrogen-bond acceptors (Lipinski definition) is 3. The Hall–Kier alpha value is -0.870. The van der Waals surface area contributed by atoms with Gasteiger partial charge in [-0.25, -0.2) is 0 Å². The van der Waals surface area contributed by atoms with Crippen LogP contribution in [0.25, 0.3) is 0 Å². The summed E-state index contributed by atoms with van der Waals surface area (Å²) in [5.41, 5.74) is 7.12. The highest BCUT2D eigenvalue weighted by atomic mass is 16.5. The van der Waals surface area contributed by atoms with Gasteiger partial charge in [0.05, 0.1) is 18.7 Å². The summed E-state index contributed by atoms with van der Waals surface area (Å²) in [5.74, 6) is 0.477. The molecule has 0 aromatic carbocycles. The van der Waals surface area contributed by atoms with Crippen molar-refractivity contribution in [3.05, 3.63) is 11.6 Å². The van der Waals surface area contributed by atoms with Crippen LogP contribution in [0.15, 0.2) is 11.6 Å². The van der Waals surface area contributed by atoms with E-state index >= 15 is 0 Å². The number of carbonyl (C=O) groups is 1. The number of rotatable bonds is 8. The molecule has 0 aliphatic heterocycles. The van der Waals surface area contributed by atoms with Gasteiger partial charge in [-0.1, -0.05) is 33.8 Å². The Balaban J connectivity index is 4.95. The van der Waals surface area contributed by atoms with Gasteiger partial charge in [0.25, 0.3) is 0 Å². The lowest BCUT2D eigenvalue weighted by molar-refractivity contribution is -0.134. The Morgan fingerprint density at radius 1 is 1.25 bits per heavy atom. The van der Waals surface area contributed by atoms with E-state index in [-0.39, 0.29) is 17.9 Å². The Bertz CT molecular complexity index is 324. The Morgan fingerprint density at radius 3 is 2.20 bits per heavy atom. The second-order valence-corrected chi connectivity index (χ2v) is 6.10. The molecule has 0 aliphatic carbocycles. The van der Waals surface area contributed by atoms with Crippen LogP contribution >= 0.6 is 0 Å². The number of ether oxygens (including phenoxy) is 1. The van der Waals surface area contributed by atoms with E-state index in [2.05, 4.69) is 19.9 Å². The molecule has 0 aliphatic rings. The highest BCUT2D eigenvalue weighted by molar-refractivity contribution is 5.82. The number of amides is 1. The second kappa shape index (κ2) is 9.14. The van der Waals surface area contributed by atoms with Crippen molar-refractivity contribution in [2.75, 3.05) is 20.3 Å². The molecular weight excluding hydrogens is 252 g/mol. The van der Waals surface area contributed by atoms with Crippen LogP contribution in [-0.2, 0) is 9.53 Å². The van der Waals surface area contributed by atoms with Gasteiger partial charge >= 0.3 is 0 Å². The van der Waals surface area contributed by atoms with E-state index in [1.54, 1.807) is 4.90 Å². The molecule has 0 rings (SSSR count). The van der Waals surface area contributed by atoms with E-state index in [1.165, 1.54) is 0 Å². The van der Waals surface area contributed by atoms with Crippen LogP contribution in [0.3, 0.4) is 0 Å². The molecule has 2 atom stereocenters. The number of nitrogens with two attached hydrogens (primary N) is 1. The standard InChI is InChI=1S/C16H32N2O2/c1-8-20-10-13(6)9-14(11(2)3)18(7)16(19)15(17)12(4)5/h9,11-12,14-15H,8,10,17H2,1-7H3/b13-9+/t14-,15+/m1/s1. The van der Waals surface area contributed by atoms with E-state index in [0.29, 0.717) is 19.1 Å². The van der Waals surface area contributed by atoms with Crippen LogP contribution in [0.2, 0.25) is 0 Å². The average molecular weight is 284 g/mol. The maximum atomic E-state index is 12.4. The number of nitrogens with zero attached hydrogens (tertiary/aromatic N) is 1. The fraction of sp³-hybridized carbons (Fsp3) is 0.812. The molecule has 0 saturated heterocycles. The topological polar surface area (TPSA) is 55.6 Å². The molecule has 0 saturated carbocycles. The molecule has 20 heavy (non-hydrogen) atoms. The van der Waals surface area contributed by atoms with Crippen LogP contribution < -0.4 is 5.73 Å². The highest BCUT2D eigenvalue weighted by Gasteiger charge is 2.27. The fourth-order valence-electron chi connectivity index (χ4n) is 2.02. The maximum Gasteiger partial charge on any atom is 0.239 e. The third kappa shape index (κ3) is 6.06. The van der Waals surface area contributed by atoms with E-state index < -0.39 is 6.04 Å². The normalized spacial score (nSPS) is 15.6. The largest absolute Gasteiger partial charge is 0.377 e. The average Bonchev–Trinajstić information content (AvgIpc) is 2.39. The van der Waals surface area contributed by atoms with E-state index in [0.717, 1.165) is 5.57 Å². The van der Waals surface area contributed by atoms with Gasteiger partial charge in [-0.15, -0.1) is 0 Å². The van der Waals surface area contributed by atoms with Gasteiger partial charge in [-0.2, -0.15) is 0 Å². The van der Waals surface area contributed by atoms with Crippen molar-refractivity contribution in [2.24, 2.45) is 17.6 Å². The number of likely N-dealkylation sites (N-methyl/N-ethyl adjacent to an activating group) is 1.